The lowest BCUT2D eigenvalue weighted by Gasteiger charge is -2.28. The van der Waals surface area contributed by atoms with Crippen molar-refractivity contribution in [1.82, 2.24) is 0 Å². The molecule has 2 unspecified atom stereocenters. The Balaban J connectivity index is 1.94. The quantitative estimate of drug-likeness (QED) is 0.757. The Morgan fingerprint density at radius 2 is 2.05 bits per heavy atom. The Hall–Kier alpha value is -1.46. The van der Waals surface area contributed by atoms with Crippen LogP contribution in [0.15, 0.2) is 18.2 Å². The molecule has 0 heterocycles. The van der Waals surface area contributed by atoms with Gasteiger partial charge in [-0.3, -0.25) is 4.79 Å². The Morgan fingerprint density at radius 3 is 2.76 bits per heavy atom. The highest BCUT2D eigenvalue weighted by molar-refractivity contribution is 5.99. The van der Waals surface area contributed by atoms with Gasteiger partial charge in [0.15, 0.2) is 5.78 Å². The summed E-state index contributed by atoms with van der Waals surface area (Å²) in [6, 6.07) is 3.90. The largest absolute Gasteiger partial charge is 0.496 e. The Morgan fingerprint density at radius 1 is 1.29 bits per heavy atom. The molecule has 5 heteroatoms. The van der Waals surface area contributed by atoms with E-state index in [4.69, 9.17) is 14.2 Å². The van der Waals surface area contributed by atoms with Gasteiger partial charge in [-0.05, 0) is 43.9 Å². The van der Waals surface area contributed by atoms with Gasteiger partial charge in [-0.15, -0.1) is 0 Å². The lowest BCUT2D eigenvalue weighted by Crippen LogP contribution is -2.29. The lowest BCUT2D eigenvalue weighted by molar-refractivity contribution is -0.0243. The van der Waals surface area contributed by atoms with E-state index >= 15 is 0 Å². The van der Waals surface area contributed by atoms with Crippen LogP contribution in [-0.2, 0) is 9.47 Å². The van der Waals surface area contributed by atoms with Crippen molar-refractivity contribution in [3.8, 4) is 5.75 Å². The number of halogens is 1. The molecule has 0 radical (unpaired) electrons. The van der Waals surface area contributed by atoms with E-state index in [1.165, 1.54) is 25.3 Å². The fourth-order valence-corrected chi connectivity index (χ4v) is 2.64. The average Bonchev–Trinajstić information content (AvgIpc) is 2.52. The molecular formula is C16H21FO4. The molecule has 1 aliphatic carbocycles. The van der Waals surface area contributed by atoms with Crippen molar-refractivity contribution < 1.29 is 23.4 Å². The summed E-state index contributed by atoms with van der Waals surface area (Å²) >= 11 is 0. The van der Waals surface area contributed by atoms with Crippen molar-refractivity contribution in [2.75, 3.05) is 20.8 Å². The fourth-order valence-electron chi connectivity index (χ4n) is 2.64. The molecule has 1 aromatic rings. The molecule has 116 valence electrons. The zero-order valence-corrected chi connectivity index (χ0v) is 12.4. The molecule has 1 saturated carbocycles. The number of ether oxygens (including phenoxy) is 3. The van der Waals surface area contributed by atoms with Crippen LogP contribution in [0, 0.1) is 5.82 Å². The van der Waals surface area contributed by atoms with Crippen LogP contribution in [0.3, 0.4) is 0 Å². The van der Waals surface area contributed by atoms with E-state index in [2.05, 4.69) is 0 Å². The predicted octanol–water partition coefficient (Wildman–Crippen LogP) is 2.99. The van der Waals surface area contributed by atoms with Crippen LogP contribution in [0.5, 0.6) is 5.75 Å². The topological polar surface area (TPSA) is 44.8 Å². The summed E-state index contributed by atoms with van der Waals surface area (Å²) in [6.07, 6.45) is 4.00. The molecule has 0 amide bonds. The second-order valence-corrected chi connectivity index (χ2v) is 5.23. The highest BCUT2D eigenvalue weighted by atomic mass is 19.1. The molecule has 0 saturated heterocycles. The molecule has 1 aliphatic rings. The molecular weight excluding hydrogens is 275 g/mol. The first kappa shape index (κ1) is 15.9. The summed E-state index contributed by atoms with van der Waals surface area (Å²) in [7, 11) is 3.14. The molecule has 4 nitrogen and oxygen atoms in total. The molecule has 21 heavy (non-hydrogen) atoms. The minimum absolute atomic E-state index is 0.0206. The average molecular weight is 296 g/mol. The summed E-state index contributed by atoms with van der Waals surface area (Å²) < 4.78 is 29.3. The highest BCUT2D eigenvalue weighted by Gasteiger charge is 2.23. The van der Waals surface area contributed by atoms with E-state index in [9.17, 15) is 9.18 Å². The minimum atomic E-state index is -0.462. The van der Waals surface area contributed by atoms with Crippen molar-refractivity contribution in [3.63, 3.8) is 0 Å². The van der Waals surface area contributed by atoms with E-state index in [0.717, 1.165) is 25.7 Å². The zero-order valence-electron chi connectivity index (χ0n) is 12.4. The SMILES string of the molecule is COc1ccc(F)cc1C(=O)COC1CCCC(OC)C1. The van der Waals surface area contributed by atoms with E-state index in [-0.39, 0.29) is 30.2 Å². The van der Waals surface area contributed by atoms with E-state index in [1.807, 2.05) is 0 Å². The van der Waals surface area contributed by atoms with Gasteiger partial charge in [0.05, 0.1) is 24.9 Å². The first-order valence-electron chi connectivity index (χ1n) is 7.15. The predicted molar refractivity (Wildman–Crippen MR) is 76.3 cm³/mol. The summed E-state index contributed by atoms with van der Waals surface area (Å²) in [6.45, 7) is -0.0685. The van der Waals surface area contributed by atoms with E-state index < -0.39 is 5.82 Å². The van der Waals surface area contributed by atoms with Crippen molar-refractivity contribution in [1.29, 1.82) is 0 Å². The number of carbonyl (C=O) groups excluding carboxylic acids is 1. The monoisotopic (exact) mass is 296 g/mol. The van der Waals surface area contributed by atoms with Gasteiger partial charge in [0, 0.05) is 7.11 Å². The van der Waals surface area contributed by atoms with Crippen LogP contribution >= 0.6 is 0 Å². The van der Waals surface area contributed by atoms with Gasteiger partial charge in [-0.25, -0.2) is 4.39 Å². The molecule has 2 atom stereocenters. The summed E-state index contributed by atoms with van der Waals surface area (Å²) in [5, 5.41) is 0. The third-order valence-electron chi connectivity index (χ3n) is 3.82. The Labute approximate surface area is 124 Å². The fraction of sp³-hybridized carbons (Fsp3) is 0.562. The van der Waals surface area contributed by atoms with Crippen LogP contribution in [0.2, 0.25) is 0 Å². The number of carbonyl (C=O) groups is 1. The molecule has 2 rings (SSSR count). The van der Waals surface area contributed by atoms with Gasteiger partial charge in [-0.1, -0.05) is 0 Å². The molecule has 0 aliphatic heterocycles. The number of methoxy groups -OCH3 is 2. The number of Topliss-reactive ketones (excluding diaryl/α,β-unsaturated/α-hetero) is 1. The van der Waals surface area contributed by atoms with Crippen LogP contribution in [-0.4, -0.2) is 38.8 Å². The van der Waals surface area contributed by atoms with Crippen LogP contribution < -0.4 is 4.74 Å². The standard InChI is InChI=1S/C16H21FO4/c1-19-12-4-3-5-13(9-12)21-10-15(18)14-8-11(17)6-7-16(14)20-2/h6-8,12-13H,3-5,9-10H2,1-2H3. The summed E-state index contributed by atoms with van der Waals surface area (Å²) in [5.41, 5.74) is 0.219. The van der Waals surface area contributed by atoms with Crippen molar-refractivity contribution in [2.24, 2.45) is 0 Å². The van der Waals surface area contributed by atoms with Gasteiger partial charge >= 0.3 is 0 Å². The first-order valence-corrected chi connectivity index (χ1v) is 7.15. The van der Waals surface area contributed by atoms with Gasteiger partial charge < -0.3 is 14.2 Å². The number of ketones is 1. The van der Waals surface area contributed by atoms with E-state index in [0.29, 0.717) is 5.75 Å². The van der Waals surface area contributed by atoms with Gasteiger partial charge in [0.25, 0.3) is 0 Å². The number of rotatable bonds is 6. The minimum Gasteiger partial charge on any atom is -0.496 e. The Bertz CT molecular complexity index is 489. The number of benzene rings is 1. The third-order valence-corrected chi connectivity index (χ3v) is 3.82. The summed E-state index contributed by atoms with van der Waals surface area (Å²) in [5.74, 6) is -0.370. The van der Waals surface area contributed by atoms with Crippen LogP contribution in [0.25, 0.3) is 0 Å². The maximum atomic E-state index is 13.3. The van der Waals surface area contributed by atoms with Gasteiger partial charge in [0.1, 0.15) is 18.2 Å². The second kappa shape index (κ2) is 7.52. The van der Waals surface area contributed by atoms with Crippen LogP contribution in [0.4, 0.5) is 4.39 Å². The molecule has 1 aromatic carbocycles. The van der Waals surface area contributed by atoms with Crippen LogP contribution in [0.1, 0.15) is 36.0 Å². The highest BCUT2D eigenvalue weighted by Crippen LogP contribution is 2.24. The van der Waals surface area contributed by atoms with Gasteiger partial charge in [0.2, 0.25) is 0 Å². The second-order valence-electron chi connectivity index (χ2n) is 5.23. The van der Waals surface area contributed by atoms with Crippen molar-refractivity contribution >= 4 is 5.78 Å². The summed E-state index contributed by atoms with van der Waals surface area (Å²) in [4.78, 5) is 12.2. The maximum Gasteiger partial charge on any atom is 0.192 e. The lowest BCUT2D eigenvalue weighted by atomic mass is 9.95. The van der Waals surface area contributed by atoms with E-state index in [1.54, 1.807) is 7.11 Å². The van der Waals surface area contributed by atoms with Crippen molar-refractivity contribution in [2.45, 2.75) is 37.9 Å². The molecule has 0 spiro atoms. The normalized spacial score (nSPS) is 22.0. The first-order chi connectivity index (χ1) is 10.1. The van der Waals surface area contributed by atoms with Gasteiger partial charge in [-0.2, -0.15) is 0 Å². The number of hydrogen-bond donors (Lipinski definition) is 0. The zero-order chi connectivity index (χ0) is 15.2. The maximum absolute atomic E-state index is 13.3. The molecule has 1 fully saturated rings. The molecule has 0 bridgehead atoms. The van der Waals surface area contributed by atoms with Crippen molar-refractivity contribution in [3.05, 3.63) is 29.6 Å². The smallest absolute Gasteiger partial charge is 0.192 e. The number of hydrogen-bond acceptors (Lipinski definition) is 4. The molecule has 0 aromatic heterocycles. The Kier molecular flexibility index (Phi) is 5.70. The molecule has 0 N–H and O–H groups in total. The third kappa shape index (κ3) is 4.25.